The molecule has 306 valence electrons. The minimum atomic E-state index is -3.91. The number of nitrogens with one attached hydrogen (secondary N) is 3. The number of carbonyl (C=O) groups is 4. The van der Waals surface area contributed by atoms with Crippen LogP contribution in [0, 0.1) is 5.92 Å². The van der Waals surface area contributed by atoms with E-state index >= 15 is 0 Å². The number of ether oxygens (including phenoxy) is 2. The fourth-order valence-electron chi connectivity index (χ4n) is 7.91. The summed E-state index contributed by atoms with van der Waals surface area (Å²) in [5, 5.41) is 10.6. The molecule has 0 spiro atoms. The number of nitrogens with zero attached hydrogens (tertiary/aromatic N) is 4. The highest BCUT2D eigenvalue weighted by molar-refractivity contribution is 7.91. The zero-order valence-corrected chi connectivity index (χ0v) is 33.7. The van der Waals surface area contributed by atoms with Crippen LogP contribution in [0.25, 0.3) is 27.8 Å². The number of allylic oxidation sites excluding steroid dienone is 1. The van der Waals surface area contributed by atoms with E-state index in [-0.39, 0.29) is 19.4 Å². The van der Waals surface area contributed by atoms with E-state index in [9.17, 15) is 27.6 Å². The van der Waals surface area contributed by atoms with Gasteiger partial charge in [0.15, 0.2) is 5.65 Å². The molecule has 4 aromatic rings. The summed E-state index contributed by atoms with van der Waals surface area (Å²) in [7, 11) is -3.91. The van der Waals surface area contributed by atoms with Gasteiger partial charge < -0.3 is 25.0 Å². The van der Waals surface area contributed by atoms with Gasteiger partial charge in [0.2, 0.25) is 27.7 Å². The topological polar surface area (TPSA) is 190 Å². The van der Waals surface area contributed by atoms with Crippen LogP contribution < -0.4 is 20.1 Å². The zero-order chi connectivity index (χ0) is 40.8. The van der Waals surface area contributed by atoms with Crippen LogP contribution in [0.2, 0.25) is 0 Å². The molecule has 2 aromatic carbocycles. The second kappa shape index (κ2) is 15.3. The predicted molar refractivity (Wildman–Crippen MR) is 215 cm³/mol. The lowest BCUT2D eigenvalue weighted by Crippen LogP contribution is -2.58. The minimum absolute atomic E-state index is 0.0284. The average Bonchev–Trinajstić information content (AvgIpc) is 4.08. The fraction of sp³-hybridized carbons (Fsp3) is 0.476. The third-order valence-corrected chi connectivity index (χ3v) is 13.0. The van der Waals surface area contributed by atoms with Crippen molar-refractivity contribution in [1.29, 1.82) is 0 Å². The van der Waals surface area contributed by atoms with Gasteiger partial charge in [-0.05, 0) is 71.4 Å². The van der Waals surface area contributed by atoms with E-state index in [1.807, 2.05) is 66.7 Å². The maximum absolute atomic E-state index is 14.7. The molecular weight excluding hydrogens is 763 g/mol. The number of benzene rings is 2. The molecule has 2 saturated carbocycles. The molecule has 2 aromatic heterocycles. The number of carbonyl (C=O) groups excluding carboxylic acids is 4. The summed E-state index contributed by atoms with van der Waals surface area (Å²) in [5.41, 5.74) is 0.425. The standard InChI is InChI=1S/C42H49N7O8S/c1-41(2,3)57-40(53)44-32-19-11-6-4-5-10-16-27-24-42(27,39(52)47-58(54,55)29-20-21-29)45-37(50)34-22-28(25-48(34)38(32)51)56-35-23-33(26-14-8-7-9-15-26)43-36-30-17-12-13-18-31(30)46-49(35)36/h7-10,12-18,23,27-29,32,34H,4-6,11,19-22,24-25H2,1-3H3,(H,44,53)(H,45,50)(H,47,52)/b16-10-/t27-,28-,32+,34+,42-/m1/s1. The van der Waals surface area contributed by atoms with Gasteiger partial charge in [0, 0.05) is 29.4 Å². The van der Waals surface area contributed by atoms with Crippen LogP contribution in [0.4, 0.5) is 4.79 Å². The van der Waals surface area contributed by atoms with Crippen molar-refractivity contribution < 1.29 is 37.1 Å². The van der Waals surface area contributed by atoms with E-state index in [1.54, 1.807) is 31.4 Å². The molecule has 4 amide bonds. The summed E-state index contributed by atoms with van der Waals surface area (Å²) >= 11 is 0. The molecule has 58 heavy (non-hydrogen) atoms. The molecule has 15 nitrogen and oxygen atoms in total. The summed E-state index contributed by atoms with van der Waals surface area (Å²) in [4.78, 5) is 62.5. The van der Waals surface area contributed by atoms with Gasteiger partial charge in [0.25, 0.3) is 5.91 Å². The van der Waals surface area contributed by atoms with E-state index in [4.69, 9.17) is 19.6 Å². The van der Waals surface area contributed by atoms with Crippen LogP contribution in [-0.2, 0) is 29.1 Å². The maximum Gasteiger partial charge on any atom is 0.408 e. The molecule has 3 fully saturated rings. The van der Waals surface area contributed by atoms with Gasteiger partial charge in [-0.3, -0.25) is 19.1 Å². The Morgan fingerprint density at radius 2 is 1.74 bits per heavy atom. The number of rotatable bonds is 7. The Labute approximate surface area is 337 Å². The molecule has 0 unspecified atom stereocenters. The van der Waals surface area contributed by atoms with Gasteiger partial charge in [-0.2, -0.15) is 9.61 Å². The normalized spacial score (nSPS) is 26.1. The van der Waals surface area contributed by atoms with Crippen LogP contribution in [0.3, 0.4) is 0 Å². The minimum Gasteiger partial charge on any atom is -0.472 e. The summed E-state index contributed by atoms with van der Waals surface area (Å²) < 4.78 is 41.9. The Morgan fingerprint density at radius 3 is 2.50 bits per heavy atom. The highest BCUT2D eigenvalue weighted by atomic mass is 32.2. The summed E-state index contributed by atoms with van der Waals surface area (Å²) in [5.74, 6) is -2.02. The van der Waals surface area contributed by atoms with Crippen molar-refractivity contribution in [3.8, 4) is 17.1 Å². The highest BCUT2D eigenvalue weighted by Gasteiger charge is 2.62. The van der Waals surface area contributed by atoms with Crippen molar-refractivity contribution in [3.63, 3.8) is 0 Å². The first-order valence-electron chi connectivity index (χ1n) is 20.1. The summed E-state index contributed by atoms with van der Waals surface area (Å²) in [6.45, 7) is 5.16. The van der Waals surface area contributed by atoms with Gasteiger partial charge >= 0.3 is 6.09 Å². The molecule has 4 aliphatic rings. The Bertz CT molecular complexity index is 2390. The molecular formula is C42H49N7O8S. The predicted octanol–water partition coefficient (Wildman–Crippen LogP) is 4.79. The van der Waals surface area contributed by atoms with Crippen molar-refractivity contribution in [3.05, 3.63) is 72.8 Å². The molecule has 0 bridgehead atoms. The lowest BCUT2D eigenvalue weighted by molar-refractivity contribution is -0.141. The Hall–Kier alpha value is -5.51. The van der Waals surface area contributed by atoms with Crippen LogP contribution in [0.1, 0.15) is 78.6 Å². The molecule has 16 heteroatoms. The lowest BCUT2D eigenvalue weighted by atomic mass is 10.0. The van der Waals surface area contributed by atoms with Crippen LogP contribution in [-0.4, -0.2) is 92.9 Å². The summed E-state index contributed by atoms with van der Waals surface area (Å²) in [6, 6.07) is 16.9. The number of hydrogen-bond acceptors (Lipinski definition) is 10. The highest BCUT2D eigenvalue weighted by Crippen LogP contribution is 2.46. The zero-order valence-electron chi connectivity index (χ0n) is 32.8. The van der Waals surface area contributed by atoms with E-state index < -0.39 is 74.3 Å². The molecule has 3 N–H and O–H groups in total. The van der Waals surface area contributed by atoms with Crippen LogP contribution in [0.5, 0.6) is 5.88 Å². The molecule has 4 heterocycles. The van der Waals surface area contributed by atoms with E-state index in [0.29, 0.717) is 54.8 Å². The largest absolute Gasteiger partial charge is 0.472 e. The molecule has 0 radical (unpaired) electrons. The maximum atomic E-state index is 14.7. The monoisotopic (exact) mass is 811 g/mol. The third-order valence-electron chi connectivity index (χ3n) is 11.1. The van der Waals surface area contributed by atoms with Crippen LogP contribution >= 0.6 is 0 Å². The van der Waals surface area contributed by atoms with Crippen molar-refractivity contribution in [1.82, 2.24) is 34.9 Å². The fourth-order valence-corrected chi connectivity index (χ4v) is 9.28. The Kier molecular flexibility index (Phi) is 10.4. The number of alkyl carbamates (subject to hydrolysis) is 1. The first kappa shape index (κ1) is 39.3. The SMILES string of the molecule is CC(C)(C)OC(=O)N[C@H]1CCCCC/C=C\[C@@H]2C[C@@]2(C(=O)NS(=O)(=O)C2CC2)NC(=O)[C@@H]2C[C@@H](Oc3cc(-c4ccccc4)nc4c5ccccc5nn34)CN2C1=O. The average molecular weight is 812 g/mol. The molecule has 2 aliphatic heterocycles. The van der Waals surface area contributed by atoms with Gasteiger partial charge in [0.05, 0.1) is 23.0 Å². The molecule has 5 atom stereocenters. The number of fused-ring (bicyclic) bond motifs is 5. The van der Waals surface area contributed by atoms with Crippen molar-refractivity contribution in [2.75, 3.05) is 6.54 Å². The lowest BCUT2D eigenvalue weighted by Gasteiger charge is -2.30. The van der Waals surface area contributed by atoms with E-state index in [2.05, 4.69) is 15.4 Å². The molecule has 1 saturated heterocycles. The summed E-state index contributed by atoms with van der Waals surface area (Å²) in [6.07, 6.45) is 6.64. The van der Waals surface area contributed by atoms with Crippen molar-refractivity contribution in [2.45, 2.75) is 113 Å². The van der Waals surface area contributed by atoms with Crippen molar-refractivity contribution in [2.24, 2.45) is 5.92 Å². The quantitative estimate of drug-likeness (QED) is 0.219. The molecule has 2 aliphatic carbocycles. The van der Waals surface area contributed by atoms with Gasteiger partial charge in [0.1, 0.15) is 29.3 Å². The van der Waals surface area contributed by atoms with Gasteiger partial charge in [-0.1, -0.05) is 67.5 Å². The first-order valence-corrected chi connectivity index (χ1v) is 21.6. The van der Waals surface area contributed by atoms with Gasteiger partial charge in [-0.25, -0.2) is 18.2 Å². The Morgan fingerprint density at radius 1 is 0.983 bits per heavy atom. The first-order chi connectivity index (χ1) is 27.7. The second-order valence-electron chi connectivity index (χ2n) is 16.8. The number of sulfonamides is 1. The number of hydrogen-bond donors (Lipinski definition) is 3. The second-order valence-corrected chi connectivity index (χ2v) is 18.8. The third kappa shape index (κ3) is 8.24. The van der Waals surface area contributed by atoms with E-state index in [0.717, 1.165) is 23.8 Å². The number of aromatic nitrogens is 3. The van der Waals surface area contributed by atoms with Crippen LogP contribution in [0.15, 0.2) is 72.8 Å². The van der Waals surface area contributed by atoms with E-state index in [1.165, 1.54) is 4.90 Å². The van der Waals surface area contributed by atoms with Crippen molar-refractivity contribution >= 4 is 50.4 Å². The Balaban J connectivity index is 1.14. The smallest absolute Gasteiger partial charge is 0.408 e. The molecule has 8 rings (SSSR count). The number of amides is 4. The van der Waals surface area contributed by atoms with Gasteiger partial charge in [-0.15, -0.1) is 0 Å².